The Hall–Kier alpha value is -3.86. The van der Waals surface area contributed by atoms with Crippen LogP contribution in [0.4, 0.5) is 10.1 Å². The lowest BCUT2D eigenvalue weighted by molar-refractivity contribution is -0.111. The Morgan fingerprint density at radius 2 is 1.85 bits per heavy atom. The van der Waals surface area contributed by atoms with Crippen molar-refractivity contribution in [2.75, 3.05) is 11.9 Å². The molecule has 0 aliphatic carbocycles. The Bertz CT molecular complexity index is 1410. The summed E-state index contributed by atoms with van der Waals surface area (Å²) in [5.41, 5.74) is 7.70. The molecule has 0 spiro atoms. The number of amides is 1. The largest absolute Gasteiger partial charge is 0.493 e. The number of fused-ring (bicyclic) bond motifs is 1. The van der Waals surface area contributed by atoms with Gasteiger partial charge in [-0.25, -0.2) is 4.39 Å². The van der Waals surface area contributed by atoms with Crippen LogP contribution in [0.15, 0.2) is 65.3 Å². The number of nitrogens with one attached hydrogen (secondary N) is 1. The third kappa shape index (κ3) is 4.46. The van der Waals surface area contributed by atoms with Gasteiger partial charge >= 0.3 is 0 Å². The zero-order valence-electron chi connectivity index (χ0n) is 20.1. The zero-order chi connectivity index (χ0) is 24.4. The fraction of sp³-hybridized carbons (Fsp3) is 0.207. The molecule has 1 N–H and O–H groups in total. The summed E-state index contributed by atoms with van der Waals surface area (Å²) in [6.45, 7) is 10.3. The molecule has 0 radical (unpaired) electrons. The van der Waals surface area contributed by atoms with E-state index < -0.39 is 11.7 Å². The smallest absolute Gasteiger partial charge is 0.248 e. The number of hydrogen-bond donors (Lipinski definition) is 1. The number of anilines is 1. The van der Waals surface area contributed by atoms with Crippen molar-refractivity contribution in [3.05, 3.63) is 88.9 Å². The molecular formula is C29H28FNO3. The maximum Gasteiger partial charge on any atom is 0.248 e. The van der Waals surface area contributed by atoms with E-state index in [2.05, 4.69) is 37.4 Å². The van der Waals surface area contributed by atoms with Gasteiger partial charge in [-0.1, -0.05) is 35.9 Å². The van der Waals surface area contributed by atoms with Crippen LogP contribution >= 0.6 is 0 Å². The second-order valence-electron chi connectivity index (χ2n) is 8.45. The SMILES string of the molecule is CCOc1c(/C(C)=C/C(=O)Nc2ccccc2F)cc2c(-c3ccc(C)cc3C)coc2c1C. The fourth-order valence-corrected chi connectivity index (χ4v) is 4.27. The van der Waals surface area contributed by atoms with Gasteiger partial charge in [0.05, 0.1) is 18.6 Å². The van der Waals surface area contributed by atoms with Gasteiger partial charge in [0.15, 0.2) is 0 Å². The predicted octanol–water partition coefficient (Wildman–Crippen LogP) is 7.60. The van der Waals surface area contributed by atoms with Crippen LogP contribution in [-0.4, -0.2) is 12.5 Å². The van der Waals surface area contributed by atoms with Gasteiger partial charge in [0.25, 0.3) is 0 Å². The molecule has 1 amide bonds. The minimum Gasteiger partial charge on any atom is -0.493 e. The number of rotatable bonds is 6. The number of ether oxygens (including phenoxy) is 1. The van der Waals surface area contributed by atoms with Crippen molar-refractivity contribution in [3.8, 4) is 16.9 Å². The van der Waals surface area contributed by atoms with Crippen LogP contribution < -0.4 is 10.1 Å². The second kappa shape index (κ2) is 9.56. The Labute approximate surface area is 199 Å². The van der Waals surface area contributed by atoms with Crippen molar-refractivity contribution in [1.82, 2.24) is 0 Å². The zero-order valence-corrected chi connectivity index (χ0v) is 20.1. The van der Waals surface area contributed by atoms with Crippen molar-refractivity contribution in [1.29, 1.82) is 0 Å². The molecule has 0 saturated heterocycles. The van der Waals surface area contributed by atoms with E-state index in [1.807, 2.05) is 26.8 Å². The van der Waals surface area contributed by atoms with Gasteiger partial charge < -0.3 is 14.5 Å². The van der Waals surface area contributed by atoms with Crippen LogP contribution in [0.25, 0.3) is 27.7 Å². The quantitative estimate of drug-likeness (QED) is 0.303. The maximum atomic E-state index is 14.0. The third-order valence-electron chi connectivity index (χ3n) is 5.91. The molecule has 174 valence electrons. The van der Waals surface area contributed by atoms with Gasteiger partial charge in [-0.05, 0) is 69.5 Å². The first-order valence-corrected chi connectivity index (χ1v) is 11.3. The first-order valence-electron chi connectivity index (χ1n) is 11.3. The van der Waals surface area contributed by atoms with E-state index in [1.165, 1.54) is 23.8 Å². The summed E-state index contributed by atoms with van der Waals surface area (Å²) in [6.07, 6.45) is 3.24. The average Bonchev–Trinajstić information content (AvgIpc) is 3.21. The highest BCUT2D eigenvalue weighted by atomic mass is 19.1. The van der Waals surface area contributed by atoms with Crippen molar-refractivity contribution in [2.45, 2.75) is 34.6 Å². The molecule has 0 fully saturated rings. The maximum absolute atomic E-state index is 14.0. The first kappa shape index (κ1) is 23.3. The van der Waals surface area contributed by atoms with Crippen molar-refractivity contribution in [2.24, 2.45) is 0 Å². The predicted molar refractivity (Wildman–Crippen MR) is 136 cm³/mol. The molecular weight excluding hydrogens is 429 g/mol. The van der Waals surface area contributed by atoms with Gasteiger partial charge in [-0.15, -0.1) is 0 Å². The van der Waals surface area contributed by atoms with E-state index in [0.717, 1.165) is 38.8 Å². The summed E-state index contributed by atoms with van der Waals surface area (Å²) in [7, 11) is 0. The summed E-state index contributed by atoms with van der Waals surface area (Å²) >= 11 is 0. The van der Waals surface area contributed by atoms with Crippen molar-refractivity contribution >= 4 is 28.1 Å². The van der Waals surface area contributed by atoms with Gasteiger partial charge in [-0.2, -0.15) is 0 Å². The third-order valence-corrected chi connectivity index (χ3v) is 5.91. The second-order valence-corrected chi connectivity index (χ2v) is 8.45. The molecule has 1 aromatic heterocycles. The van der Waals surface area contributed by atoms with Crippen LogP contribution in [0.5, 0.6) is 5.75 Å². The molecule has 1 heterocycles. The number of furan rings is 1. The van der Waals surface area contributed by atoms with E-state index >= 15 is 0 Å². The summed E-state index contributed by atoms with van der Waals surface area (Å²) < 4.78 is 25.9. The molecule has 0 bridgehead atoms. The lowest BCUT2D eigenvalue weighted by atomic mass is 9.94. The van der Waals surface area contributed by atoms with Gasteiger partial charge in [0.1, 0.15) is 17.1 Å². The van der Waals surface area contributed by atoms with Crippen molar-refractivity contribution < 1.29 is 18.3 Å². The summed E-state index contributed by atoms with van der Waals surface area (Å²) in [6, 6.07) is 14.4. The lowest BCUT2D eigenvalue weighted by Gasteiger charge is -2.15. The number of carbonyl (C=O) groups is 1. The van der Waals surface area contributed by atoms with E-state index in [4.69, 9.17) is 9.15 Å². The Kier molecular flexibility index (Phi) is 6.55. The molecule has 4 nitrogen and oxygen atoms in total. The van der Waals surface area contributed by atoms with Crippen molar-refractivity contribution in [3.63, 3.8) is 0 Å². The number of aryl methyl sites for hydroxylation is 3. The summed E-state index contributed by atoms with van der Waals surface area (Å²) in [4.78, 5) is 12.7. The summed E-state index contributed by atoms with van der Waals surface area (Å²) in [5.74, 6) is -0.223. The number of benzene rings is 3. The van der Waals surface area contributed by atoms with Crippen LogP contribution in [0.3, 0.4) is 0 Å². The van der Waals surface area contributed by atoms with E-state index in [9.17, 15) is 9.18 Å². The van der Waals surface area contributed by atoms with E-state index in [0.29, 0.717) is 17.9 Å². The minimum atomic E-state index is -0.481. The molecule has 4 rings (SSSR count). The molecule has 3 aromatic carbocycles. The molecule has 5 heteroatoms. The number of para-hydroxylation sites is 1. The van der Waals surface area contributed by atoms with Crippen LogP contribution in [0.1, 0.15) is 36.1 Å². The van der Waals surface area contributed by atoms with E-state index in [1.54, 1.807) is 18.4 Å². The minimum absolute atomic E-state index is 0.139. The average molecular weight is 458 g/mol. The van der Waals surface area contributed by atoms with E-state index in [-0.39, 0.29) is 5.69 Å². The molecule has 0 atom stereocenters. The first-order chi connectivity index (χ1) is 16.3. The van der Waals surface area contributed by atoms with Gasteiger partial charge in [0, 0.05) is 28.2 Å². The topological polar surface area (TPSA) is 51.5 Å². The Morgan fingerprint density at radius 3 is 2.56 bits per heavy atom. The normalized spacial score (nSPS) is 11.6. The van der Waals surface area contributed by atoms with Crippen LogP contribution in [0, 0.1) is 26.6 Å². The summed E-state index contributed by atoms with van der Waals surface area (Å²) in [5, 5.41) is 3.56. The highest BCUT2D eigenvalue weighted by molar-refractivity contribution is 6.06. The molecule has 4 aromatic rings. The molecule has 0 aliphatic heterocycles. The monoisotopic (exact) mass is 457 g/mol. The highest BCUT2D eigenvalue weighted by Crippen LogP contribution is 2.41. The number of hydrogen-bond acceptors (Lipinski definition) is 3. The molecule has 34 heavy (non-hydrogen) atoms. The lowest BCUT2D eigenvalue weighted by Crippen LogP contribution is -2.10. The molecule has 0 aliphatic rings. The highest BCUT2D eigenvalue weighted by Gasteiger charge is 2.20. The number of halogens is 1. The molecule has 0 saturated carbocycles. The number of allylic oxidation sites excluding steroid dienone is 1. The van der Waals surface area contributed by atoms with Gasteiger partial charge in [-0.3, -0.25) is 4.79 Å². The Balaban J connectivity index is 1.81. The van der Waals surface area contributed by atoms with Gasteiger partial charge in [0.2, 0.25) is 5.91 Å². The van der Waals surface area contributed by atoms with Crippen LogP contribution in [-0.2, 0) is 4.79 Å². The number of carbonyl (C=O) groups excluding carboxylic acids is 1. The fourth-order valence-electron chi connectivity index (χ4n) is 4.27. The molecule has 0 unspecified atom stereocenters. The standard InChI is InChI=1S/C29H28FNO3/c1-6-33-28-20(5)29-23(24(16-34-29)21-12-11-17(2)13-18(21)3)15-22(28)19(4)14-27(32)31-26-10-8-7-9-25(26)30/h7-16H,6H2,1-5H3,(H,31,32)/b19-14+. The Morgan fingerprint density at radius 1 is 1.09 bits per heavy atom. The van der Waals surface area contributed by atoms with Crippen LogP contribution in [0.2, 0.25) is 0 Å².